The van der Waals surface area contributed by atoms with E-state index in [0.717, 1.165) is 12.1 Å². The van der Waals surface area contributed by atoms with Crippen LogP contribution in [0.25, 0.3) is 22.0 Å². The van der Waals surface area contributed by atoms with Crippen molar-refractivity contribution in [3.63, 3.8) is 0 Å². The third-order valence-electron chi connectivity index (χ3n) is 4.85. The fourth-order valence-corrected chi connectivity index (χ4v) is 5.51. The van der Waals surface area contributed by atoms with Crippen molar-refractivity contribution in [3.05, 3.63) is 53.5 Å². The first-order valence-corrected chi connectivity index (χ1v) is 9.59. The van der Waals surface area contributed by atoms with Gasteiger partial charge in [0.2, 0.25) is 0 Å². The highest BCUT2D eigenvalue weighted by molar-refractivity contribution is 7.90. The summed E-state index contributed by atoms with van der Waals surface area (Å²) in [6, 6.07) is 9.70. The molecular weight excluding hydrogens is 339 g/mol. The fraction of sp³-hybridized carbons (Fsp3) is 0.263. The lowest BCUT2D eigenvalue weighted by Gasteiger charge is -2.20. The van der Waals surface area contributed by atoms with Gasteiger partial charge in [0, 0.05) is 28.8 Å². The summed E-state index contributed by atoms with van der Waals surface area (Å²) in [5, 5.41) is 0.687. The van der Waals surface area contributed by atoms with E-state index >= 15 is 0 Å². The highest BCUT2D eigenvalue weighted by atomic mass is 32.2. The first-order chi connectivity index (χ1) is 11.8. The number of hydrogen-bond donors (Lipinski definition) is 0. The van der Waals surface area contributed by atoms with E-state index < -0.39 is 10.0 Å². The highest BCUT2D eigenvalue weighted by Crippen LogP contribution is 2.43. The molecule has 4 nitrogen and oxygen atoms in total. The lowest BCUT2D eigenvalue weighted by Crippen LogP contribution is -2.19. The largest absolute Gasteiger partial charge is 0.309 e. The molecular formula is C19H19FN2O2S. The van der Waals surface area contributed by atoms with E-state index in [1.807, 2.05) is 19.0 Å². The molecule has 0 radical (unpaired) electrons. The SMILES string of the molecule is Cc1c(CCN(C)C)c2cc(F)cc3c2n1S(=O)(=O)c1ccccc1-3. The monoisotopic (exact) mass is 358 g/mol. The third kappa shape index (κ3) is 2.24. The molecule has 4 rings (SSSR count). The second-order valence-electron chi connectivity index (χ2n) is 6.73. The Morgan fingerprint density at radius 3 is 2.56 bits per heavy atom. The van der Waals surface area contributed by atoms with Crippen molar-refractivity contribution in [2.24, 2.45) is 0 Å². The number of rotatable bonds is 3. The molecule has 0 unspecified atom stereocenters. The van der Waals surface area contributed by atoms with Gasteiger partial charge < -0.3 is 4.90 Å². The minimum Gasteiger partial charge on any atom is -0.309 e. The molecule has 0 aliphatic carbocycles. The molecule has 0 atom stereocenters. The van der Waals surface area contributed by atoms with E-state index in [4.69, 9.17) is 0 Å². The normalized spacial score (nSPS) is 14.9. The van der Waals surface area contributed by atoms with Crippen LogP contribution in [0.2, 0.25) is 0 Å². The van der Waals surface area contributed by atoms with Crippen molar-refractivity contribution < 1.29 is 12.8 Å². The number of aromatic nitrogens is 1. The standard InChI is InChI=1S/C19H19FN2O2S/c1-12-14(8-9-21(2)3)16-10-13(20)11-17-15-6-4-5-7-18(15)25(23,24)22(12)19(16)17/h4-7,10-11H,8-9H2,1-3H3. The van der Waals surface area contributed by atoms with Gasteiger partial charge in [0.15, 0.2) is 0 Å². The van der Waals surface area contributed by atoms with E-state index in [1.54, 1.807) is 31.2 Å². The molecule has 0 N–H and O–H groups in total. The van der Waals surface area contributed by atoms with Gasteiger partial charge >= 0.3 is 0 Å². The topological polar surface area (TPSA) is 42.3 Å². The Hall–Kier alpha value is -2.18. The Kier molecular flexibility index (Phi) is 3.53. The zero-order valence-corrected chi connectivity index (χ0v) is 15.2. The highest BCUT2D eigenvalue weighted by Gasteiger charge is 2.33. The summed E-state index contributed by atoms with van der Waals surface area (Å²) in [7, 11) is 0.239. The van der Waals surface area contributed by atoms with E-state index in [1.165, 1.54) is 16.1 Å². The molecule has 130 valence electrons. The van der Waals surface area contributed by atoms with Crippen LogP contribution in [0.4, 0.5) is 4.39 Å². The molecule has 1 aromatic heterocycles. The molecule has 0 saturated carbocycles. The first-order valence-electron chi connectivity index (χ1n) is 8.15. The second kappa shape index (κ2) is 5.41. The van der Waals surface area contributed by atoms with Gasteiger partial charge in [0.25, 0.3) is 10.0 Å². The fourth-order valence-electron chi connectivity index (χ4n) is 3.70. The van der Waals surface area contributed by atoms with Crippen molar-refractivity contribution in [2.45, 2.75) is 18.2 Å². The van der Waals surface area contributed by atoms with Crippen molar-refractivity contribution >= 4 is 20.9 Å². The van der Waals surface area contributed by atoms with Crippen molar-refractivity contribution in [1.29, 1.82) is 0 Å². The Labute approximate surface area is 146 Å². The van der Waals surface area contributed by atoms with Crippen LogP contribution in [-0.2, 0) is 16.4 Å². The molecule has 0 amide bonds. The van der Waals surface area contributed by atoms with E-state index in [2.05, 4.69) is 0 Å². The zero-order chi connectivity index (χ0) is 17.9. The predicted octanol–water partition coefficient (Wildman–Crippen LogP) is 3.41. The summed E-state index contributed by atoms with van der Waals surface area (Å²) < 4.78 is 42.1. The summed E-state index contributed by atoms with van der Waals surface area (Å²) >= 11 is 0. The minimum atomic E-state index is -3.69. The van der Waals surface area contributed by atoms with E-state index in [9.17, 15) is 12.8 Å². The molecule has 0 fully saturated rings. The van der Waals surface area contributed by atoms with Gasteiger partial charge in [-0.15, -0.1) is 0 Å². The smallest absolute Gasteiger partial charge is 0.269 e. The lowest BCUT2D eigenvalue weighted by molar-refractivity contribution is 0.414. The van der Waals surface area contributed by atoms with Gasteiger partial charge in [-0.05, 0) is 51.2 Å². The van der Waals surface area contributed by atoms with Gasteiger partial charge in [0.05, 0.1) is 10.4 Å². The molecule has 0 saturated heterocycles. The van der Waals surface area contributed by atoms with Crippen LogP contribution in [0.5, 0.6) is 0 Å². The van der Waals surface area contributed by atoms with Gasteiger partial charge in [-0.25, -0.2) is 16.8 Å². The average molecular weight is 358 g/mol. The minimum absolute atomic E-state index is 0.229. The molecule has 1 aliphatic heterocycles. The quantitative estimate of drug-likeness (QED) is 0.564. The van der Waals surface area contributed by atoms with Crippen LogP contribution in [0.15, 0.2) is 41.3 Å². The summed E-state index contributed by atoms with van der Waals surface area (Å²) in [6.07, 6.45) is 0.664. The number of fused-ring (bicyclic) bond motifs is 2. The number of benzene rings is 2. The second-order valence-corrected chi connectivity index (χ2v) is 8.49. The van der Waals surface area contributed by atoms with E-state index in [0.29, 0.717) is 34.1 Å². The lowest BCUT2D eigenvalue weighted by atomic mass is 10.00. The first kappa shape index (κ1) is 16.3. The number of likely N-dealkylation sites (N-methyl/N-ethyl adjacent to an activating group) is 1. The summed E-state index contributed by atoms with van der Waals surface area (Å²) in [4.78, 5) is 2.26. The van der Waals surface area contributed by atoms with Crippen molar-refractivity contribution in [1.82, 2.24) is 8.87 Å². The van der Waals surface area contributed by atoms with Crippen molar-refractivity contribution in [2.75, 3.05) is 20.6 Å². The Morgan fingerprint density at radius 2 is 1.84 bits per heavy atom. The molecule has 25 heavy (non-hydrogen) atoms. The molecule has 3 aromatic rings. The molecule has 2 heterocycles. The number of hydrogen-bond acceptors (Lipinski definition) is 3. The maximum absolute atomic E-state index is 14.3. The molecule has 2 aromatic carbocycles. The van der Waals surface area contributed by atoms with Crippen LogP contribution in [-0.4, -0.2) is 37.9 Å². The summed E-state index contributed by atoms with van der Waals surface area (Å²) in [6.45, 7) is 2.57. The Balaban J connectivity index is 2.14. The molecule has 0 spiro atoms. The summed E-state index contributed by atoms with van der Waals surface area (Å²) in [5.41, 5.74) is 3.35. The Morgan fingerprint density at radius 1 is 1.12 bits per heavy atom. The summed E-state index contributed by atoms with van der Waals surface area (Å²) in [5.74, 6) is -0.347. The van der Waals surface area contributed by atoms with Gasteiger partial charge in [-0.2, -0.15) is 0 Å². The molecule has 0 bridgehead atoms. The predicted molar refractivity (Wildman–Crippen MR) is 96.9 cm³/mol. The number of nitrogens with zero attached hydrogens (tertiary/aromatic N) is 2. The van der Waals surface area contributed by atoms with Crippen LogP contribution in [0.3, 0.4) is 0 Å². The maximum atomic E-state index is 14.3. The van der Waals surface area contributed by atoms with Crippen LogP contribution in [0.1, 0.15) is 11.3 Å². The Bertz CT molecular complexity index is 1110. The van der Waals surface area contributed by atoms with Crippen molar-refractivity contribution in [3.8, 4) is 11.1 Å². The zero-order valence-electron chi connectivity index (χ0n) is 14.4. The maximum Gasteiger partial charge on any atom is 0.269 e. The van der Waals surface area contributed by atoms with Gasteiger partial charge in [0.1, 0.15) is 5.82 Å². The van der Waals surface area contributed by atoms with Crippen LogP contribution in [0, 0.1) is 12.7 Å². The molecule has 6 heteroatoms. The average Bonchev–Trinajstić information content (AvgIpc) is 2.83. The van der Waals surface area contributed by atoms with Gasteiger partial charge in [-0.3, -0.25) is 0 Å². The van der Waals surface area contributed by atoms with Gasteiger partial charge in [-0.1, -0.05) is 18.2 Å². The van der Waals surface area contributed by atoms with Crippen LogP contribution >= 0.6 is 0 Å². The third-order valence-corrected chi connectivity index (χ3v) is 6.70. The van der Waals surface area contributed by atoms with Crippen LogP contribution < -0.4 is 0 Å². The number of halogens is 1. The molecule has 1 aliphatic rings. The van der Waals surface area contributed by atoms with E-state index in [-0.39, 0.29) is 10.7 Å².